The van der Waals surface area contributed by atoms with Crippen LogP contribution >= 0.6 is 0 Å². The summed E-state index contributed by atoms with van der Waals surface area (Å²) in [7, 11) is 1.51. The minimum Gasteiger partial charge on any atom is -0.467 e. The molecule has 0 atom stereocenters. The molecule has 0 fully saturated rings. The highest BCUT2D eigenvalue weighted by molar-refractivity contribution is 5.27. The summed E-state index contributed by atoms with van der Waals surface area (Å²) in [6.45, 7) is 7.06. The van der Waals surface area contributed by atoms with E-state index >= 15 is 0 Å². The molecule has 1 aromatic heterocycles. The molecule has 0 spiro atoms. The van der Waals surface area contributed by atoms with E-state index in [0.717, 1.165) is 25.8 Å². The van der Waals surface area contributed by atoms with E-state index in [-0.39, 0.29) is 12.0 Å². The zero-order valence-corrected chi connectivity index (χ0v) is 11.0. The second kappa shape index (κ2) is 8.27. The first kappa shape index (κ1) is 14.2. The molecular formula is C12H20N4O2. The quantitative estimate of drug-likeness (QED) is 0.536. The Labute approximate surface area is 107 Å². The molecule has 0 bridgehead atoms. The average Bonchev–Trinajstić information content (AvgIpc) is 2.41. The molecular weight excluding hydrogens is 232 g/mol. The van der Waals surface area contributed by atoms with Crippen molar-refractivity contribution in [2.45, 2.75) is 26.2 Å². The Morgan fingerprint density at radius 3 is 2.72 bits per heavy atom. The van der Waals surface area contributed by atoms with Crippen LogP contribution in [0.25, 0.3) is 0 Å². The number of rotatable bonds is 9. The number of unbranched alkanes of at least 4 members (excludes halogenated alkanes) is 1. The van der Waals surface area contributed by atoms with Gasteiger partial charge in [0.1, 0.15) is 0 Å². The summed E-state index contributed by atoms with van der Waals surface area (Å²) in [5.41, 5.74) is 0. The van der Waals surface area contributed by atoms with Gasteiger partial charge < -0.3 is 14.8 Å². The molecule has 0 aromatic carbocycles. The van der Waals surface area contributed by atoms with Crippen LogP contribution in [-0.4, -0.2) is 35.2 Å². The monoisotopic (exact) mass is 252 g/mol. The topological polar surface area (TPSA) is 69.2 Å². The first-order valence-electron chi connectivity index (χ1n) is 6.07. The molecule has 0 amide bonds. The maximum Gasteiger partial charge on any atom is 0.324 e. The fraction of sp³-hybridized carbons (Fsp3) is 0.583. The highest BCUT2D eigenvalue weighted by atomic mass is 16.5. The zero-order chi connectivity index (χ0) is 13.2. The van der Waals surface area contributed by atoms with Crippen molar-refractivity contribution in [3.63, 3.8) is 0 Å². The van der Waals surface area contributed by atoms with Crippen molar-refractivity contribution in [3.8, 4) is 12.0 Å². The number of methoxy groups -OCH3 is 1. The summed E-state index contributed by atoms with van der Waals surface area (Å²) in [5.74, 6) is 0.474. The smallest absolute Gasteiger partial charge is 0.324 e. The lowest BCUT2D eigenvalue weighted by atomic mass is 10.3. The Hall–Kier alpha value is -1.85. The maximum atomic E-state index is 5.44. The van der Waals surface area contributed by atoms with E-state index in [1.165, 1.54) is 7.11 Å². The lowest BCUT2D eigenvalue weighted by Crippen LogP contribution is -2.09. The minimum absolute atomic E-state index is 0.252. The Balaban J connectivity index is 2.61. The van der Waals surface area contributed by atoms with Crippen LogP contribution in [0.5, 0.6) is 12.0 Å². The lowest BCUT2D eigenvalue weighted by Gasteiger charge is -2.08. The van der Waals surface area contributed by atoms with Crippen LogP contribution < -0.4 is 14.8 Å². The van der Waals surface area contributed by atoms with Crippen LogP contribution in [0.2, 0.25) is 0 Å². The van der Waals surface area contributed by atoms with Gasteiger partial charge in [-0.25, -0.2) is 0 Å². The summed E-state index contributed by atoms with van der Waals surface area (Å²) in [4.78, 5) is 12.3. The van der Waals surface area contributed by atoms with Crippen molar-refractivity contribution < 1.29 is 9.47 Å². The average molecular weight is 252 g/mol. The molecule has 0 saturated heterocycles. The maximum absolute atomic E-state index is 5.44. The van der Waals surface area contributed by atoms with Crippen molar-refractivity contribution in [2.75, 3.05) is 25.6 Å². The number of anilines is 1. The van der Waals surface area contributed by atoms with Gasteiger partial charge in [0.05, 0.1) is 13.7 Å². The Morgan fingerprint density at radius 1 is 1.28 bits per heavy atom. The number of hydrogen-bond donors (Lipinski definition) is 1. The molecule has 0 aliphatic carbocycles. The largest absolute Gasteiger partial charge is 0.467 e. The molecule has 18 heavy (non-hydrogen) atoms. The summed E-state index contributed by atoms with van der Waals surface area (Å²) in [5, 5.41) is 3.07. The van der Waals surface area contributed by atoms with Crippen LogP contribution in [0, 0.1) is 0 Å². The fourth-order valence-corrected chi connectivity index (χ4v) is 1.20. The molecule has 0 aliphatic rings. The van der Waals surface area contributed by atoms with Crippen LogP contribution in [0.4, 0.5) is 5.95 Å². The van der Waals surface area contributed by atoms with Crippen molar-refractivity contribution in [1.82, 2.24) is 15.0 Å². The molecule has 1 N–H and O–H groups in total. The molecule has 6 heteroatoms. The van der Waals surface area contributed by atoms with Crippen molar-refractivity contribution in [2.24, 2.45) is 0 Å². The first-order chi connectivity index (χ1) is 8.80. The molecule has 0 radical (unpaired) electrons. The summed E-state index contributed by atoms with van der Waals surface area (Å²) in [6, 6.07) is 0.534. The minimum atomic E-state index is 0.252. The predicted octanol–water partition coefficient (Wildman–Crippen LogP) is 2.05. The molecule has 0 aliphatic heterocycles. The SMILES string of the molecule is C=CCCCOc1nc(NCCC)nc(OC)n1. The van der Waals surface area contributed by atoms with Gasteiger partial charge in [0, 0.05) is 6.54 Å². The molecule has 6 nitrogen and oxygen atoms in total. The summed E-state index contributed by atoms with van der Waals surface area (Å²) in [6.07, 6.45) is 4.63. The zero-order valence-electron chi connectivity index (χ0n) is 11.0. The highest BCUT2D eigenvalue weighted by Gasteiger charge is 2.07. The Kier molecular flexibility index (Phi) is 6.53. The van der Waals surface area contributed by atoms with Gasteiger partial charge in [0.15, 0.2) is 0 Å². The van der Waals surface area contributed by atoms with Gasteiger partial charge in [-0.3, -0.25) is 0 Å². The lowest BCUT2D eigenvalue weighted by molar-refractivity contribution is 0.277. The van der Waals surface area contributed by atoms with E-state index in [2.05, 4.69) is 33.8 Å². The molecule has 1 rings (SSSR count). The van der Waals surface area contributed by atoms with E-state index in [0.29, 0.717) is 12.6 Å². The third-order valence-corrected chi connectivity index (χ3v) is 2.09. The number of hydrogen-bond acceptors (Lipinski definition) is 6. The third-order valence-electron chi connectivity index (χ3n) is 2.09. The van der Waals surface area contributed by atoms with Gasteiger partial charge in [-0.1, -0.05) is 13.0 Å². The van der Waals surface area contributed by atoms with Crippen LogP contribution in [0.1, 0.15) is 26.2 Å². The summed E-state index contributed by atoms with van der Waals surface area (Å²) >= 11 is 0. The third kappa shape index (κ3) is 4.99. The van der Waals surface area contributed by atoms with Gasteiger partial charge in [0.25, 0.3) is 0 Å². The van der Waals surface area contributed by atoms with E-state index in [9.17, 15) is 0 Å². The number of ether oxygens (including phenoxy) is 2. The first-order valence-corrected chi connectivity index (χ1v) is 6.07. The van der Waals surface area contributed by atoms with E-state index < -0.39 is 0 Å². The van der Waals surface area contributed by atoms with Gasteiger partial charge in [-0.15, -0.1) is 11.6 Å². The molecule has 1 aromatic rings. The van der Waals surface area contributed by atoms with Gasteiger partial charge in [0.2, 0.25) is 5.95 Å². The number of nitrogens with one attached hydrogen (secondary N) is 1. The van der Waals surface area contributed by atoms with E-state index in [4.69, 9.17) is 9.47 Å². The van der Waals surface area contributed by atoms with Gasteiger partial charge >= 0.3 is 12.0 Å². The standard InChI is InChI=1S/C12H20N4O2/c1-4-6-7-9-18-12-15-10(13-8-5-2)14-11(16-12)17-3/h4H,1,5-9H2,2-3H3,(H,13,14,15,16). The predicted molar refractivity (Wildman–Crippen MR) is 70.1 cm³/mol. The Bertz CT molecular complexity index is 371. The van der Waals surface area contributed by atoms with Gasteiger partial charge in [-0.2, -0.15) is 9.97 Å². The molecule has 1 heterocycles. The van der Waals surface area contributed by atoms with Crippen LogP contribution in [-0.2, 0) is 0 Å². The summed E-state index contributed by atoms with van der Waals surface area (Å²) < 4.78 is 10.4. The van der Waals surface area contributed by atoms with Gasteiger partial charge in [-0.05, 0) is 19.3 Å². The molecule has 100 valence electrons. The van der Waals surface area contributed by atoms with Crippen molar-refractivity contribution >= 4 is 5.95 Å². The van der Waals surface area contributed by atoms with E-state index in [1.54, 1.807) is 0 Å². The number of aromatic nitrogens is 3. The van der Waals surface area contributed by atoms with E-state index in [1.807, 2.05) is 6.08 Å². The highest BCUT2D eigenvalue weighted by Crippen LogP contribution is 2.12. The molecule has 0 saturated carbocycles. The number of allylic oxidation sites excluding steroid dienone is 1. The normalized spacial score (nSPS) is 9.89. The van der Waals surface area contributed by atoms with Crippen LogP contribution in [0.15, 0.2) is 12.7 Å². The second-order valence-electron chi connectivity index (χ2n) is 3.63. The van der Waals surface area contributed by atoms with Crippen molar-refractivity contribution in [1.29, 1.82) is 0 Å². The second-order valence-corrected chi connectivity index (χ2v) is 3.63. The number of nitrogens with zero attached hydrogens (tertiary/aromatic N) is 3. The fourth-order valence-electron chi connectivity index (χ4n) is 1.20. The van der Waals surface area contributed by atoms with Crippen LogP contribution in [0.3, 0.4) is 0 Å². The van der Waals surface area contributed by atoms with Crippen molar-refractivity contribution in [3.05, 3.63) is 12.7 Å². The molecule has 0 unspecified atom stereocenters. The Morgan fingerprint density at radius 2 is 2.06 bits per heavy atom.